The van der Waals surface area contributed by atoms with Crippen LogP contribution in [0.2, 0.25) is 0 Å². The average molecular weight is 482 g/mol. The molecule has 1 fully saturated rings. The number of hydrogen-bond donors (Lipinski definition) is 2. The number of hydrogen-bond acceptors (Lipinski definition) is 5. The molecule has 2 heterocycles. The van der Waals surface area contributed by atoms with E-state index in [0.29, 0.717) is 11.3 Å². The summed E-state index contributed by atoms with van der Waals surface area (Å²) in [5, 5.41) is 5.61. The van der Waals surface area contributed by atoms with E-state index in [1.807, 2.05) is 0 Å². The lowest BCUT2D eigenvalue weighted by Gasteiger charge is -2.33. The Morgan fingerprint density at radius 2 is 1.69 bits per heavy atom. The van der Waals surface area contributed by atoms with E-state index in [1.54, 1.807) is 18.2 Å². The maximum absolute atomic E-state index is 13.7. The Labute approximate surface area is 202 Å². The molecule has 3 amide bonds. The SMILES string of the molecule is O=C(NCC(=O)N(Cc1ccco1)C(C(=O)NC1CCCCC1)c1ccc(F)cc1)c1ccco1. The molecule has 1 unspecified atom stereocenters. The van der Waals surface area contributed by atoms with Gasteiger partial charge in [0.1, 0.15) is 17.6 Å². The van der Waals surface area contributed by atoms with Crippen LogP contribution in [0.3, 0.4) is 0 Å². The van der Waals surface area contributed by atoms with Gasteiger partial charge in [-0.1, -0.05) is 31.4 Å². The van der Waals surface area contributed by atoms with Crippen LogP contribution in [0.1, 0.15) is 60.0 Å². The molecule has 9 heteroatoms. The van der Waals surface area contributed by atoms with Crippen LogP contribution in [0.25, 0.3) is 0 Å². The predicted octanol–water partition coefficient (Wildman–Crippen LogP) is 3.96. The van der Waals surface area contributed by atoms with Crippen molar-refractivity contribution in [3.63, 3.8) is 0 Å². The Kier molecular flexibility index (Phi) is 7.97. The van der Waals surface area contributed by atoms with Crippen LogP contribution in [0, 0.1) is 5.82 Å². The molecule has 0 saturated heterocycles. The maximum atomic E-state index is 13.7. The van der Waals surface area contributed by atoms with Crippen LogP contribution in [-0.2, 0) is 16.1 Å². The molecule has 1 aromatic carbocycles. The van der Waals surface area contributed by atoms with Crippen molar-refractivity contribution in [1.82, 2.24) is 15.5 Å². The predicted molar refractivity (Wildman–Crippen MR) is 124 cm³/mol. The van der Waals surface area contributed by atoms with E-state index in [9.17, 15) is 18.8 Å². The van der Waals surface area contributed by atoms with Crippen molar-refractivity contribution in [2.45, 2.75) is 50.7 Å². The highest BCUT2D eigenvalue weighted by molar-refractivity contribution is 5.95. The highest BCUT2D eigenvalue weighted by atomic mass is 19.1. The van der Waals surface area contributed by atoms with Gasteiger partial charge in [0, 0.05) is 6.04 Å². The van der Waals surface area contributed by atoms with E-state index in [2.05, 4.69) is 10.6 Å². The lowest BCUT2D eigenvalue weighted by atomic mass is 9.94. The van der Waals surface area contributed by atoms with Gasteiger partial charge in [-0.3, -0.25) is 14.4 Å². The van der Waals surface area contributed by atoms with Gasteiger partial charge >= 0.3 is 0 Å². The maximum Gasteiger partial charge on any atom is 0.287 e. The zero-order chi connectivity index (χ0) is 24.6. The molecular weight excluding hydrogens is 453 g/mol. The summed E-state index contributed by atoms with van der Waals surface area (Å²) >= 11 is 0. The first-order valence-electron chi connectivity index (χ1n) is 11.7. The number of benzene rings is 1. The molecule has 0 aliphatic heterocycles. The van der Waals surface area contributed by atoms with Gasteiger partial charge in [0.2, 0.25) is 11.8 Å². The third kappa shape index (κ3) is 6.38. The number of rotatable bonds is 9. The highest BCUT2D eigenvalue weighted by Gasteiger charge is 2.33. The first kappa shape index (κ1) is 24.3. The Morgan fingerprint density at radius 3 is 2.34 bits per heavy atom. The number of halogens is 1. The summed E-state index contributed by atoms with van der Waals surface area (Å²) in [5.74, 6) is -1.33. The molecule has 1 atom stereocenters. The molecule has 0 spiro atoms. The summed E-state index contributed by atoms with van der Waals surface area (Å²) in [7, 11) is 0. The van der Waals surface area contributed by atoms with Crippen LogP contribution in [0.15, 0.2) is 69.9 Å². The van der Waals surface area contributed by atoms with Crippen LogP contribution < -0.4 is 10.6 Å². The van der Waals surface area contributed by atoms with Crippen LogP contribution in [0.5, 0.6) is 0 Å². The van der Waals surface area contributed by atoms with Gasteiger partial charge in [0.25, 0.3) is 5.91 Å². The van der Waals surface area contributed by atoms with E-state index < -0.39 is 23.7 Å². The van der Waals surface area contributed by atoms with Gasteiger partial charge in [0.15, 0.2) is 5.76 Å². The van der Waals surface area contributed by atoms with Gasteiger partial charge < -0.3 is 24.4 Å². The fourth-order valence-electron chi connectivity index (χ4n) is 4.29. The van der Waals surface area contributed by atoms with Crippen molar-refractivity contribution in [2.24, 2.45) is 0 Å². The van der Waals surface area contributed by atoms with E-state index in [4.69, 9.17) is 8.83 Å². The number of nitrogens with zero attached hydrogens (tertiary/aromatic N) is 1. The zero-order valence-corrected chi connectivity index (χ0v) is 19.2. The molecule has 4 rings (SSSR count). The molecule has 2 N–H and O–H groups in total. The summed E-state index contributed by atoms with van der Waals surface area (Å²) < 4.78 is 24.2. The minimum Gasteiger partial charge on any atom is -0.467 e. The van der Waals surface area contributed by atoms with Gasteiger partial charge in [-0.2, -0.15) is 0 Å². The van der Waals surface area contributed by atoms with Crippen LogP contribution in [-0.4, -0.2) is 35.2 Å². The number of nitrogens with one attached hydrogen (secondary N) is 2. The second-order valence-corrected chi connectivity index (χ2v) is 8.56. The Hall–Kier alpha value is -3.88. The van der Waals surface area contributed by atoms with Gasteiger partial charge in [-0.05, 0) is 54.8 Å². The van der Waals surface area contributed by atoms with Crippen molar-refractivity contribution in [1.29, 1.82) is 0 Å². The Balaban J connectivity index is 1.60. The summed E-state index contributed by atoms with van der Waals surface area (Å²) in [6.07, 6.45) is 7.76. The Morgan fingerprint density at radius 1 is 0.971 bits per heavy atom. The second-order valence-electron chi connectivity index (χ2n) is 8.56. The topological polar surface area (TPSA) is 105 Å². The van der Waals surface area contributed by atoms with Gasteiger partial charge in [-0.25, -0.2) is 4.39 Å². The highest BCUT2D eigenvalue weighted by Crippen LogP contribution is 2.26. The Bertz CT molecular complexity index is 1110. The number of amides is 3. The number of carbonyl (C=O) groups excluding carboxylic acids is 3. The van der Waals surface area contributed by atoms with E-state index in [-0.39, 0.29) is 30.8 Å². The molecular formula is C26H28FN3O5. The van der Waals surface area contributed by atoms with Crippen molar-refractivity contribution in [2.75, 3.05) is 6.54 Å². The van der Waals surface area contributed by atoms with Crippen LogP contribution >= 0.6 is 0 Å². The van der Waals surface area contributed by atoms with Crippen molar-refractivity contribution in [3.8, 4) is 0 Å². The normalized spacial score (nSPS) is 14.8. The minimum absolute atomic E-state index is 0.0113. The summed E-state index contributed by atoms with van der Waals surface area (Å²) in [5.41, 5.74) is 0.456. The molecule has 0 radical (unpaired) electrons. The minimum atomic E-state index is -1.05. The van der Waals surface area contributed by atoms with Crippen LogP contribution in [0.4, 0.5) is 4.39 Å². The summed E-state index contributed by atoms with van der Waals surface area (Å²) in [6, 6.07) is 10.9. The molecule has 1 aliphatic rings. The smallest absolute Gasteiger partial charge is 0.287 e. The van der Waals surface area contributed by atoms with Crippen molar-refractivity contribution >= 4 is 17.7 Å². The van der Waals surface area contributed by atoms with Gasteiger partial charge in [0.05, 0.1) is 25.6 Å². The van der Waals surface area contributed by atoms with E-state index in [0.717, 1.165) is 32.1 Å². The second kappa shape index (κ2) is 11.5. The molecule has 2 aromatic heterocycles. The molecule has 1 aliphatic carbocycles. The molecule has 8 nitrogen and oxygen atoms in total. The third-order valence-corrected chi connectivity index (χ3v) is 6.07. The fourth-order valence-corrected chi connectivity index (χ4v) is 4.29. The lowest BCUT2D eigenvalue weighted by molar-refractivity contribution is -0.141. The largest absolute Gasteiger partial charge is 0.467 e. The van der Waals surface area contributed by atoms with Crippen molar-refractivity contribution < 1.29 is 27.6 Å². The molecule has 0 bridgehead atoms. The monoisotopic (exact) mass is 481 g/mol. The molecule has 3 aromatic rings. The lowest BCUT2D eigenvalue weighted by Crippen LogP contribution is -2.49. The first-order chi connectivity index (χ1) is 17.0. The zero-order valence-electron chi connectivity index (χ0n) is 19.2. The molecule has 1 saturated carbocycles. The van der Waals surface area contributed by atoms with E-state index in [1.165, 1.54) is 47.8 Å². The standard InChI is InChI=1S/C26H28FN3O5/c27-19-12-10-18(11-13-19)24(26(33)29-20-6-2-1-3-7-20)30(17-21-8-4-14-34-21)23(31)16-28-25(32)22-9-5-15-35-22/h4-5,8-15,20,24H,1-3,6-7,16-17H2,(H,28,32)(H,29,33). The molecule has 184 valence electrons. The summed E-state index contributed by atoms with van der Waals surface area (Å²) in [6.45, 7) is -0.378. The quantitative estimate of drug-likeness (QED) is 0.481. The van der Waals surface area contributed by atoms with E-state index >= 15 is 0 Å². The molecule has 35 heavy (non-hydrogen) atoms. The fraction of sp³-hybridized carbons (Fsp3) is 0.346. The average Bonchev–Trinajstić information content (AvgIpc) is 3.58. The number of furan rings is 2. The number of carbonyl (C=O) groups is 3. The first-order valence-corrected chi connectivity index (χ1v) is 11.7. The third-order valence-electron chi connectivity index (χ3n) is 6.07. The van der Waals surface area contributed by atoms with Crippen molar-refractivity contribution in [3.05, 3.63) is 84.0 Å². The van der Waals surface area contributed by atoms with Gasteiger partial charge in [-0.15, -0.1) is 0 Å². The summed E-state index contributed by atoms with van der Waals surface area (Å²) in [4.78, 5) is 40.6.